The van der Waals surface area contributed by atoms with E-state index in [1.165, 1.54) is 32.1 Å². The summed E-state index contributed by atoms with van der Waals surface area (Å²) in [5, 5.41) is 2.96. The van der Waals surface area contributed by atoms with E-state index in [4.69, 9.17) is 4.74 Å². The Morgan fingerprint density at radius 2 is 2.12 bits per heavy atom. The highest BCUT2D eigenvalue weighted by Gasteiger charge is 2.24. The Morgan fingerprint density at radius 3 is 2.88 bits per heavy atom. The maximum absolute atomic E-state index is 12.2. The molecule has 1 N–H and O–H groups in total. The molecule has 0 saturated heterocycles. The molecule has 5 nitrogen and oxygen atoms in total. The summed E-state index contributed by atoms with van der Waals surface area (Å²) in [6, 6.07) is 0. The lowest BCUT2D eigenvalue weighted by molar-refractivity contribution is -0.122. The molecule has 0 aromatic heterocycles. The molecule has 1 atom stereocenters. The molecule has 0 radical (unpaired) electrons. The van der Waals surface area contributed by atoms with E-state index in [1.54, 1.807) is 13.2 Å². The van der Waals surface area contributed by atoms with Gasteiger partial charge in [0.05, 0.1) is 12.8 Å². The van der Waals surface area contributed by atoms with E-state index in [1.807, 2.05) is 18.2 Å². The first kappa shape index (κ1) is 17.6. The number of nitrogens with zero attached hydrogens (tertiary/aromatic N) is 1. The van der Waals surface area contributed by atoms with Crippen molar-refractivity contribution in [3.8, 4) is 0 Å². The van der Waals surface area contributed by atoms with Crippen LogP contribution in [0.2, 0.25) is 0 Å². The van der Waals surface area contributed by atoms with Crippen molar-refractivity contribution >= 4 is 17.5 Å². The van der Waals surface area contributed by atoms with Crippen LogP contribution in [0.4, 0.5) is 0 Å². The van der Waals surface area contributed by atoms with Crippen LogP contribution in [0.1, 0.15) is 44.9 Å². The monoisotopic (exact) mass is 342 g/mol. The molecule has 3 aliphatic rings. The van der Waals surface area contributed by atoms with Crippen LogP contribution in [0.15, 0.2) is 40.6 Å². The number of aliphatic imine (C=N–C) groups is 1. The van der Waals surface area contributed by atoms with E-state index in [9.17, 15) is 9.59 Å². The zero-order valence-electron chi connectivity index (χ0n) is 14.8. The Kier molecular flexibility index (Phi) is 5.84. The van der Waals surface area contributed by atoms with Crippen molar-refractivity contribution in [1.82, 2.24) is 5.32 Å². The Morgan fingerprint density at radius 1 is 1.32 bits per heavy atom. The second-order valence-corrected chi connectivity index (χ2v) is 6.98. The highest BCUT2D eigenvalue weighted by Crippen LogP contribution is 2.26. The Balaban J connectivity index is 1.47. The molecular weight excluding hydrogens is 316 g/mol. The molecule has 3 rings (SSSR count). The lowest BCUT2D eigenvalue weighted by Gasteiger charge is -2.21. The average Bonchev–Trinajstić information content (AvgIpc) is 2.62. The molecule has 5 heteroatoms. The number of fused-ring (bicyclic) bond motifs is 1. The first-order chi connectivity index (χ1) is 12.2. The van der Waals surface area contributed by atoms with E-state index in [-0.39, 0.29) is 17.7 Å². The summed E-state index contributed by atoms with van der Waals surface area (Å²) in [6.07, 6.45) is 14.9. The third-order valence-electron chi connectivity index (χ3n) is 5.14. The largest absolute Gasteiger partial charge is 0.497 e. The number of carbonyl (C=O) groups is 2. The highest BCUT2D eigenvalue weighted by atomic mass is 16.5. The van der Waals surface area contributed by atoms with Gasteiger partial charge in [0.25, 0.3) is 5.91 Å². The van der Waals surface area contributed by atoms with Crippen molar-refractivity contribution in [2.75, 3.05) is 13.7 Å². The topological polar surface area (TPSA) is 67.8 Å². The van der Waals surface area contributed by atoms with Crippen LogP contribution >= 0.6 is 0 Å². The van der Waals surface area contributed by atoms with Gasteiger partial charge < -0.3 is 10.1 Å². The Bertz CT molecular complexity index is 652. The fraction of sp³-hybridized carbons (Fsp3) is 0.550. The van der Waals surface area contributed by atoms with Crippen LogP contribution in [-0.4, -0.2) is 31.2 Å². The zero-order valence-corrected chi connectivity index (χ0v) is 14.8. The molecular formula is C20H26N2O3. The van der Waals surface area contributed by atoms with Gasteiger partial charge in [0.1, 0.15) is 5.76 Å². The van der Waals surface area contributed by atoms with Gasteiger partial charge in [0.15, 0.2) is 0 Å². The molecule has 2 aliphatic carbocycles. The predicted octanol–water partition coefficient (Wildman–Crippen LogP) is 3.09. The molecule has 1 heterocycles. The van der Waals surface area contributed by atoms with E-state index in [0.29, 0.717) is 36.6 Å². The number of hydrogen-bond acceptors (Lipinski definition) is 3. The summed E-state index contributed by atoms with van der Waals surface area (Å²) in [7, 11) is 1.60. The smallest absolute Gasteiger partial charge is 0.272 e. The third kappa shape index (κ3) is 4.68. The summed E-state index contributed by atoms with van der Waals surface area (Å²) in [5.41, 5.74) is 1.39. The fourth-order valence-corrected chi connectivity index (χ4v) is 3.69. The highest BCUT2D eigenvalue weighted by molar-refractivity contribution is 6.13. The summed E-state index contributed by atoms with van der Waals surface area (Å²) in [4.78, 5) is 28.4. The maximum atomic E-state index is 12.2. The lowest BCUT2D eigenvalue weighted by Crippen LogP contribution is -2.29. The van der Waals surface area contributed by atoms with Gasteiger partial charge in [0.2, 0.25) is 5.91 Å². The van der Waals surface area contributed by atoms with Crippen LogP contribution in [0.5, 0.6) is 0 Å². The standard InChI is InChI=1S/C20H26N2O3/c1-25-17-8-7-15-12-16(20(24)22-18(15)13-17)9-10-21-19(23)11-14-5-3-2-4-6-14/h7-8,12-15H,2-6,9-11H2,1H3,(H,21,23). The predicted molar refractivity (Wildman–Crippen MR) is 97.1 cm³/mol. The van der Waals surface area contributed by atoms with Crippen LogP contribution in [0.3, 0.4) is 0 Å². The number of amides is 2. The fourth-order valence-electron chi connectivity index (χ4n) is 3.69. The minimum absolute atomic E-state index is 0.0181. The van der Waals surface area contributed by atoms with Gasteiger partial charge in [-0.2, -0.15) is 0 Å². The minimum atomic E-state index is -0.213. The normalized spacial score (nSPS) is 23.3. The molecule has 0 aromatic rings. The van der Waals surface area contributed by atoms with Crippen LogP contribution in [0.25, 0.3) is 0 Å². The summed E-state index contributed by atoms with van der Waals surface area (Å²) in [6.45, 7) is 0.490. The summed E-state index contributed by atoms with van der Waals surface area (Å²) < 4.78 is 5.17. The molecule has 0 aromatic carbocycles. The summed E-state index contributed by atoms with van der Waals surface area (Å²) in [5.74, 6) is 1.14. The number of allylic oxidation sites excluding steroid dienone is 4. The molecule has 0 bridgehead atoms. The van der Waals surface area contributed by atoms with Gasteiger partial charge in [0, 0.05) is 30.5 Å². The van der Waals surface area contributed by atoms with E-state index < -0.39 is 0 Å². The van der Waals surface area contributed by atoms with Crippen molar-refractivity contribution in [3.63, 3.8) is 0 Å². The number of rotatable bonds is 6. The third-order valence-corrected chi connectivity index (χ3v) is 5.14. The second-order valence-electron chi connectivity index (χ2n) is 6.98. The van der Waals surface area contributed by atoms with Crippen molar-refractivity contribution in [2.24, 2.45) is 16.8 Å². The zero-order chi connectivity index (χ0) is 17.6. The lowest BCUT2D eigenvalue weighted by atomic mass is 9.87. The van der Waals surface area contributed by atoms with E-state index >= 15 is 0 Å². The van der Waals surface area contributed by atoms with Crippen LogP contribution in [-0.2, 0) is 14.3 Å². The Labute approximate surface area is 148 Å². The number of methoxy groups -OCH3 is 1. The second kappa shape index (κ2) is 8.28. The molecule has 25 heavy (non-hydrogen) atoms. The maximum Gasteiger partial charge on any atom is 0.272 e. The first-order valence-electron chi connectivity index (χ1n) is 9.20. The summed E-state index contributed by atoms with van der Waals surface area (Å²) >= 11 is 0. The Hall–Kier alpha value is -2.17. The van der Waals surface area contributed by atoms with Crippen molar-refractivity contribution in [2.45, 2.75) is 44.9 Å². The molecule has 1 aliphatic heterocycles. The molecule has 2 amide bonds. The van der Waals surface area contributed by atoms with Gasteiger partial charge in [-0.25, -0.2) is 4.99 Å². The van der Waals surface area contributed by atoms with Crippen LogP contribution in [0, 0.1) is 11.8 Å². The average molecular weight is 342 g/mol. The van der Waals surface area contributed by atoms with E-state index in [0.717, 1.165) is 5.71 Å². The molecule has 1 unspecified atom stereocenters. The molecule has 1 fully saturated rings. The molecule has 0 spiro atoms. The minimum Gasteiger partial charge on any atom is -0.497 e. The number of ether oxygens (including phenoxy) is 1. The number of hydrogen-bond donors (Lipinski definition) is 1. The van der Waals surface area contributed by atoms with Crippen molar-refractivity contribution < 1.29 is 14.3 Å². The van der Waals surface area contributed by atoms with Crippen molar-refractivity contribution in [1.29, 1.82) is 0 Å². The van der Waals surface area contributed by atoms with Gasteiger partial charge in [-0.1, -0.05) is 31.4 Å². The van der Waals surface area contributed by atoms with Gasteiger partial charge in [-0.05, 0) is 31.3 Å². The molecule has 134 valence electrons. The number of nitrogens with one attached hydrogen (secondary N) is 1. The van der Waals surface area contributed by atoms with Gasteiger partial charge >= 0.3 is 0 Å². The van der Waals surface area contributed by atoms with E-state index in [2.05, 4.69) is 10.3 Å². The molecule has 1 saturated carbocycles. The first-order valence-corrected chi connectivity index (χ1v) is 9.20. The number of dihydropyridines is 1. The quantitative estimate of drug-likeness (QED) is 0.806. The SMILES string of the molecule is COC1=CC2=NC(=O)C(CCNC(=O)CC3CCCCC3)=CC2C=C1. The van der Waals surface area contributed by atoms with Gasteiger partial charge in [-0.15, -0.1) is 0 Å². The number of carbonyl (C=O) groups excluding carboxylic acids is 2. The van der Waals surface area contributed by atoms with Crippen LogP contribution < -0.4 is 5.32 Å². The van der Waals surface area contributed by atoms with Crippen molar-refractivity contribution in [3.05, 3.63) is 35.6 Å². The van der Waals surface area contributed by atoms with Gasteiger partial charge in [-0.3, -0.25) is 9.59 Å².